The average Bonchev–Trinajstić information content (AvgIpc) is 2.90. The van der Waals surface area contributed by atoms with Crippen molar-refractivity contribution in [3.05, 3.63) is 64.6 Å². The molecular formula is C19H20N2O4. The van der Waals surface area contributed by atoms with Gasteiger partial charge in [-0.3, -0.25) is 9.36 Å². The van der Waals surface area contributed by atoms with Crippen LogP contribution in [0.5, 0.6) is 5.75 Å². The van der Waals surface area contributed by atoms with Gasteiger partial charge in [0.05, 0.1) is 18.5 Å². The van der Waals surface area contributed by atoms with Crippen molar-refractivity contribution in [3.8, 4) is 5.75 Å². The number of aryl methyl sites for hydroxylation is 1. The monoisotopic (exact) mass is 340 g/mol. The molecule has 3 aromatic rings. The van der Waals surface area contributed by atoms with Gasteiger partial charge in [0.15, 0.2) is 5.58 Å². The number of hydrogen-bond donors (Lipinski definition) is 1. The van der Waals surface area contributed by atoms with Crippen molar-refractivity contribution in [1.82, 2.24) is 9.88 Å². The van der Waals surface area contributed by atoms with E-state index >= 15 is 0 Å². The topological polar surface area (TPSA) is 73.5 Å². The van der Waals surface area contributed by atoms with Gasteiger partial charge in [-0.05, 0) is 36.2 Å². The Hall–Kier alpha value is -3.02. The van der Waals surface area contributed by atoms with Crippen LogP contribution >= 0.6 is 0 Å². The molecule has 0 aliphatic rings. The average molecular weight is 340 g/mol. The van der Waals surface area contributed by atoms with Gasteiger partial charge in [-0.2, -0.15) is 0 Å². The molecule has 6 nitrogen and oxygen atoms in total. The number of para-hydroxylation sites is 1. The van der Waals surface area contributed by atoms with Gasteiger partial charge in [-0.15, -0.1) is 0 Å². The summed E-state index contributed by atoms with van der Waals surface area (Å²) in [4.78, 5) is 23.3. The van der Waals surface area contributed by atoms with E-state index < -0.39 is 0 Å². The maximum absolute atomic E-state index is 11.8. The number of aromatic nitrogens is 1. The summed E-state index contributed by atoms with van der Waals surface area (Å²) in [7, 11) is 1.67. The molecule has 1 aromatic heterocycles. The molecule has 2 aromatic carbocycles. The Morgan fingerprint density at radius 1 is 1.20 bits per heavy atom. The quantitative estimate of drug-likeness (QED) is 0.716. The van der Waals surface area contributed by atoms with Crippen LogP contribution in [-0.4, -0.2) is 23.6 Å². The highest BCUT2D eigenvalue weighted by Gasteiger charge is 2.07. The van der Waals surface area contributed by atoms with Crippen molar-refractivity contribution in [2.45, 2.75) is 12.8 Å². The molecule has 25 heavy (non-hydrogen) atoms. The number of oxazole rings is 1. The first-order valence-corrected chi connectivity index (χ1v) is 8.16. The number of hydrogen-bond acceptors (Lipinski definition) is 4. The molecule has 1 N–H and O–H groups in total. The molecule has 0 saturated heterocycles. The number of fused-ring (bicyclic) bond motifs is 1. The van der Waals surface area contributed by atoms with Crippen molar-refractivity contribution in [3.63, 3.8) is 0 Å². The van der Waals surface area contributed by atoms with Crippen LogP contribution in [0, 0.1) is 0 Å². The van der Waals surface area contributed by atoms with Crippen molar-refractivity contribution < 1.29 is 13.9 Å². The van der Waals surface area contributed by atoms with Gasteiger partial charge in [0.25, 0.3) is 0 Å². The van der Waals surface area contributed by atoms with Gasteiger partial charge < -0.3 is 14.5 Å². The molecule has 3 rings (SSSR count). The predicted molar refractivity (Wildman–Crippen MR) is 94.7 cm³/mol. The summed E-state index contributed by atoms with van der Waals surface area (Å²) in [6.45, 7) is 0.865. The van der Waals surface area contributed by atoms with Gasteiger partial charge >= 0.3 is 5.76 Å². The van der Waals surface area contributed by atoms with E-state index in [1.807, 2.05) is 48.5 Å². The van der Waals surface area contributed by atoms with E-state index in [-0.39, 0.29) is 11.7 Å². The molecule has 1 amide bonds. The number of benzene rings is 2. The highest BCUT2D eigenvalue weighted by atomic mass is 16.5. The summed E-state index contributed by atoms with van der Waals surface area (Å²) in [5, 5.41) is 2.87. The van der Waals surface area contributed by atoms with Crippen LogP contribution in [0.25, 0.3) is 11.1 Å². The highest BCUT2D eigenvalue weighted by molar-refractivity contribution is 5.76. The van der Waals surface area contributed by atoms with E-state index in [0.717, 1.165) is 16.8 Å². The molecule has 6 heteroatoms. The largest absolute Gasteiger partial charge is 0.493 e. The summed E-state index contributed by atoms with van der Waals surface area (Å²) in [5.74, 6) is 0.329. The van der Waals surface area contributed by atoms with E-state index in [1.54, 1.807) is 7.05 Å². The fourth-order valence-electron chi connectivity index (χ4n) is 2.55. The molecule has 0 bridgehead atoms. The zero-order valence-corrected chi connectivity index (χ0v) is 14.0. The number of nitrogens with zero attached hydrogens (tertiary/aromatic N) is 1. The number of rotatable bonds is 7. The molecule has 0 fully saturated rings. The molecule has 0 unspecified atom stereocenters. The Morgan fingerprint density at radius 2 is 2.00 bits per heavy atom. The van der Waals surface area contributed by atoms with Crippen LogP contribution in [0.2, 0.25) is 0 Å². The minimum absolute atomic E-state index is 0.0525. The van der Waals surface area contributed by atoms with Gasteiger partial charge in [0, 0.05) is 13.6 Å². The summed E-state index contributed by atoms with van der Waals surface area (Å²) >= 11 is 0. The zero-order chi connectivity index (χ0) is 17.6. The van der Waals surface area contributed by atoms with Crippen LogP contribution < -0.4 is 15.8 Å². The second-order valence-electron chi connectivity index (χ2n) is 5.74. The lowest BCUT2D eigenvalue weighted by molar-refractivity contribution is -0.121. The molecule has 0 aliphatic heterocycles. The Morgan fingerprint density at radius 3 is 2.80 bits per heavy atom. The van der Waals surface area contributed by atoms with Crippen LogP contribution in [-0.2, 0) is 18.3 Å². The van der Waals surface area contributed by atoms with Crippen molar-refractivity contribution >= 4 is 17.0 Å². The fourth-order valence-corrected chi connectivity index (χ4v) is 2.55. The molecule has 0 spiro atoms. The van der Waals surface area contributed by atoms with E-state index in [1.165, 1.54) is 4.57 Å². The number of carbonyl (C=O) groups excluding carboxylic acids is 1. The first-order valence-electron chi connectivity index (χ1n) is 8.16. The van der Waals surface area contributed by atoms with E-state index in [0.29, 0.717) is 31.6 Å². The lowest BCUT2D eigenvalue weighted by Crippen LogP contribution is -2.27. The third-order valence-corrected chi connectivity index (χ3v) is 3.93. The second kappa shape index (κ2) is 7.70. The van der Waals surface area contributed by atoms with Gasteiger partial charge in [-0.1, -0.05) is 24.3 Å². The Bertz CT molecular complexity index is 912. The highest BCUT2D eigenvalue weighted by Crippen LogP contribution is 2.14. The molecular weight excluding hydrogens is 320 g/mol. The van der Waals surface area contributed by atoms with E-state index in [4.69, 9.17) is 9.15 Å². The molecule has 0 aliphatic carbocycles. The van der Waals surface area contributed by atoms with Crippen molar-refractivity contribution in [1.29, 1.82) is 0 Å². The lowest BCUT2D eigenvalue weighted by Gasteiger charge is -2.07. The minimum Gasteiger partial charge on any atom is -0.493 e. The maximum atomic E-state index is 11.8. The van der Waals surface area contributed by atoms with Gasteiger partial charge in [0.2, 0.25) is 5.91 Å². The van der Waals surface area contributed by atoms with Gasteiger partial charge in [0.1, 0.15) is 5.75 Å². The number of ether oxygens (including phenoxy) is 1. The smallest absolute Gasteiger partial charge is 0.419 e. The number of nitrogens with one attached hydrogen (secondary N) is 1. The summed E-state index contributed by atoms with van der Waals surface area (Å²) < 4.78 is 12.1. The normalized spacial score (nSPS) is 10.8. The molecule has 0 radical (unpaired) electrons. The zero-order valence-electron chi connectivity index (χ0n) is 14.0. The first-order chi connectivity index (χ1) is 12.1. The number of amides is 1. The third kappa shape index (κ3) is 4.29. The Kier molecular flexibility index (Phi) is 5.18. The van der Waals surface area contributed by atoms with Crippen LogP contribution in [0.3, 0.4) is 0 Å². The maximum Gasteiger partial charge on any atom is 0.419 e. The Balaban J connectivity index is 1.43. The summed E-state index contributed by atoms with van der Waals surface area (Å²) in [5.41, 5.74) is 2.33. The van der Waals surface area contributed by atoms with Crippen molar-refractivity contribution in [2.75, 3.05) is 13.2 Å². The van der Waals surface area contributed by atoms with Crippen LogP contribution in [0.15, 0.2) is 57.7 Å². The molecule has 0 atom stereocenters. The van der Waals surface area contributed by atoms with Crippen LogP contribution in [0.4, 0.5) is 0 Å². The first kappa shape index (κ1) is 16.8. The fraction of sp³-hybridized carbons (Fsp3) is 0.263. The lowest BCUT2D eigenvalue weighted by atomic mass is 10.1. The SMILES string of the molecule is Cn1c(=O)oc2cc(CCNC(=O)CCOc3ccccc3)ccc21. The molecule has 130 valence electrons. The minimum atomic E-state index is -0.376. The molecule has 1 heterocycles. The van der Waals surface area contributed by atoms with Crippen LogP contribution in [0.1, 0.15) is 12.0 Å². The predicted octanol–water partition coefficient (Wildman–Crippen LogP) is 2.26. The standard InChI is InChI=1S/C19H20N2O4/c1-21-16-8-7-14(13-17(16)25-19(21)23)9-11-20-18(22)10-12-24-15-5-3-2-4-6-15/h2-8,13H,9-12H2,1H3,(H,20,22). The third-order valence-electron chi connectivity index (χ3n) is 3.93. The number of carbonyl (C=O) groups is 1. The second-order valence-corrected chi connectivity index (χ2v) is 5.74. The van der Waals surface area contributed by atoms with E-state index in [9.17, 15) is 9.59 Å². The van der Waals surface area contributed by atoms with Gasteiger partial charge in [-0.25, -0.2) is 4.79 Å². The Labute approximate surface area is 145 Å². The van der Waals surface area contributed by atoms with Crippen molar-refractivity contribution in [2.24, 2.45) is 7.05 Å². The summed E-state index contributed by atoms with van der Waals surface area (Å²) in [6, 6.07) is 15.0. The van der Waals surface area contributed by atoms with E-state index in [2.05, 4.69) is 5.32 Å². The molecule has 0 saturated carbocycles. The summed E-state index contributed by atoms with van der Waals surface area (Å²) in [6.07, 6.45) is 0.974.